The van der Waals surface area contributed by atoms with Crippen LogP contribution in [0.3, 0.4) is 0 Å². The predicted molar refractivity (Wildman–Crippen MR) is 122 cm³/mol. The molecule has 0 bridgehead atoms. The van der Waals surface area contributed by atoms with Crippen LogP contribution >= 0.6 is 0 Å². The lowest BCUT2D eigenvalue weighted by Crippen LogP contribution is -2.30. The van der Waals surface area contributed by atoms with Gasteiger partial charge in [-0.3, -0.25) is 9.59 Å². The fourth-order valence-electron chi connectivity index (χ4n) is 3.59. The average Bonchev–Trinajstić information content (AvgIpc) is 3.13. The second-order valence-electron chi connectivity index (χ2n) is 7.52. The van der Waals surface area contributed by atoms with E-state index in [2.05, 4.69) is 10.6 Å². The fraction of sp³-hybridized carbons (Fsp3) is 0.160. The number of anilines is 1. The highest BCUT2D eigenvalue weighted by molar-refractivity contribution is 5.95. The molecular formula is C25H24N4O2. The number of nitrogens with one attached hydrogen (secondary N) is 2. The summed E-state index contributed by atoms with van der Waals surface area (Å²) in [6.45, 7) is 3.92. The van der Waals surface area contributed by atoms with Crippen LogP contribution in [-0.4, -0.2) is 21.4 Å². The molecule has 6 heteroatoms. The van der Waals surface area contributed by atoms with Gasteiger partial charge in [-0.15, -0.1) is 0 Å². The van der Waals surface area contributed by atoms with Crippen molar-refractivity contribution in [2.75, 3.05) is 5.32 Å². The summed E-state index contributed by atoms with van der Waals surface area (Å²) in [4.78, 5) is 30.2. The van der Waals surface area contributed by atoms with E-state index in [1.165, 1.54) is 0 Å². The number of imidazole rings is 1. The summed E-state index contributed by atoms with van der Waals surface area (Å²) < 4.78 is 1.86. The average molecular weight is 412 g/mol. The molecule has 0 aliphatic heterocycles. The van der Waals surface area contributed by atoms with Crippen molar-refractivity contribution in [2.45, 2.75) is 26.4 Å². The normalized spacial score (nSPS) is 11.8. The summed E-state index contributed by atoms with van der Waals surface area (Å²) in [5.74, 6) is 0.293. The van der Waals surface area contributed by atoms with Crippen molar-refractivity contribution >= 4 is 28.5 Å². The highest BCUT2D eigenvalue weighted by Gasteiger charge is 2.20. The highest BCUT2D eigenvalue weighted by atomic mass is 16.2. The molecule has 1 atom stereocenters. The van der Waals surface area contributed by atoms with Gasteiger partial charge in [0.2, 0.25) is 5.91 Å². The van der Waals surface area contributed by atoms with Gasteiger partial charge in [-0.05, 0) is 50.2 Å². The number of aryl methyl sites for hydroxylation is 1. The lowest BCUT2D eigenvalue weighted by Gasteiger charge is -2.16. The third-order valence-corrected chi connectivity index (χ3v) is 5.06. The first-order valence-electron chi connectivity index (χ1n) is 10.2. The van der Waals surface area contributed by atoms with Crippen molar-refractivity contribution in [3.8, 4) is 0 Å². The second kappa shape index (κ2) is 8.83. The van der Waals surface area contributed by atoms with E-state index < -0.39 is 0 Å². The number of hydrogen-bond donors (Lipinski definition) is 2. The molecule has 0 aliphatic rings. The van der Waals surface area contributed by atoms with Crippen molar-refractivity contribution in [3.63, 3.8) is 0 Å². The molecular weight excluding hydrogens is 388 g/mol. The quantitative estimate of drug-likeness (QED) is 0.490. The Morgan fingerprint density at radius 2 is 1.71 bits per heavy atom. The van der Waals surface area contributed by atoms with Gasteiger partial charge in [0, 0.05) is 11.3 Å². The van der Waals surface area contributed by atoms with Gasteiger partial charge in [-0.25, -0.2) is 4.98 Å². The van der Waals surface area contributed by atoms with E-state index in [4.69, 9.17) is 4.98 Å². The lowest BCUT2D eigenvalue weighted by atomic mass is 10.1. The Morgan fingerprint density at radius 3 is 2.48 bits per heavy atom. The van der Waals surface area contributed by atoms with Gasteiger partial charge in [-0.2, -0.15) is 0 Å². The summed E-state index contributed by atoms with van der Waals surface area (Å²) in [6, 6.07) is 24.0. The summed E-state index contributed by atoms with van der Waals surface area (Å²) in [5.41, 5.74) is 3.97. The summed E-state index contributed by atoms with van der Waals surface area (Å²) in [7, 11) is 0. The van der Waals surface area contributed by atoms with Gasteiger partial charge in [-0.1, -0.05) is 48.0 Å². The van der Waals surface area contributed by atoms with E-state index in [1.54, 1.807) is 6.07 Å². The van der Waals surface area contributed by atoms with Crippen LogP contribution in [0.25, 0.3) is 11.0 Å². The molecule has 0 saturated heterocycles. The molecule has 0 aliphatic carbocycles. The van der Waals surface area contributed by atoms with Crippen molar-refractivity contribution in [2.24, 2.45) is 0 Å². The highest BCUT2D eigenvalue weighted by Crippen LogP contribution is 2.21. The van der Waals surface area contributed by atoms with Gasteiger partial charge >= 0.3 is 0 Å². The molecule has 0 spiro atoms. The Morgan fingerprint density at radius 1 is 0.968 bits per heavy atom. The van der Waals surface area contributed by atoms with Crippen LogP contribution in [-0.2, 0) is 11.3 Å². The molecule has 6 nitrogen and oxygen atoms in total. The Balaban J connectivity index is 1.59. The molecule has 3 aromatic carbocycles. The first-order valence-corrected chi connectivity index (χ1v) is 10.2. The number of hydrogen-bond acceptors (Lipinski definition) is 3. The maximum atomic E-state index is 12.7. The molecule has 0 saturated carbocycles. The molecule has 1 unspecified atom stereocenters. The van der Waals surface area contributed by atoms with Crippen LogP contribution in [0.1, 0.15) is 34.7 Å². The third kappa shape index (κ3) is 4.64. The molecule has 0 fully saturated rings. The number of benzene rings is 3. The standard InChI is InChI=1S/C25H24N4O2/c1-17-9-8-10-19(15-17)25(31)26-18(2)24-28-21-13-6-7-14-22(21)29(24)16-23(30)27-20-11-4-3-5-12-20/h3-15,18H,16H2,1-2H3,(H,26,31)(H,27,30). The van der Waals surface area contributed by atoms with Crippen molar-refractivity contribution in [1.82, 2.24) is 14.9 Å². The first-order chi connectivity index (χ1) is 15.0. The Hall–Kier alpha value is -3.93. The smallest absolute Gasteiger partial charge is 0.251 e. The monoisotopic (exact) mass is 412 g/mol. The maximum absolute atomic E-state index is 12.7. The van der Waals surface area contributed by atoms with E-state index in [0.717, 1.165) is 22.3 Å². The van der Waals surface area contributed by atoms with Crippen LogP contribution in [0.4, 0.5) is 5.69 Å². The molecule has 0 radical (unpaired) electrons. The van der Waals surface area contributed by atoms with E-state index >= 15 is 0 Å². The minimum atomic E-state index is -0.384. The minimum absolute atomic E-state index is 0.0927. The lowest BCUT2D eigenvalue weighted by molar-refractivity contribution is -0.116. The van der Waals surface area contributed by atoms with E-state index in [9.17, 15) is 9.59 Å². The fourth-order valence-corrected chi connectivity index (χ4v) is 3.59. The number of para-hydroxylation sites is 3. The molecule has 2 amide bonds. The zero-order valence-corrected chi connectivity index (χ0v) is 17.5. The van der Waals surface area contributed by atoms with Crippen LogP contribution in [0, 0.1) is 6.92 Å². The van der Waals surface area contributed by atoms with Gasteiger partial charge in [0.25, 0.3) is 5.91 Å². The van der Waals surface area contributed by atoms with E-state index in [-0.39, 0.29) is 24.4 Å². The number of nitrogens with zero attached hydrogens (tertiary/aromatic N) is 2. The topological polar surface area (TPSA) is 76.0 Å². The Kier molecular flexibility index (Phi) is 5.80. The zero-order chi connectivity index (χ0) is 21.8. The van der Waals surface area contributed by atoms with Gasteiger partial charge in [0.15, 0.2) is 0 Å². The van der Waals surface area contributed by atoms with Crippen molar-refractivity contribution in [1.29, 1.82) is 0 Å². The molecule has 156 valence electrons. The molecule has 1 aromatic heterocycles. The Bertz CT molecular complexity index is 1230. The second-order valence-corrected chi connectivity index (χ2v) is 7.52. The Labute approximate surface area is 180 Å². The molecule has 31 heavy (non-hydrogen) atoms. The summed E-state index contributed by atoms with van der Waals surface area (Å²) >= 11 is 0. The van der Waals surface area contributed by atoms with Crippen LogP contribution in [0.5, 0.6) is 0 Å². The van der Waals surface area contributed by atoms with E-state index in [1.807, 2.05) is 91.2 Å². The molecule has 1 heterocycles. The van der Waals surface area contributed by atoms with Crippen molar-refractivity contribution in [3.05, 3.63) is 95.8 Å². The van der Waals surface area contributed by atoms with Crippen LogP contribution < -0.4 is 10.6 Å². The first kappa shape index (κ1) is 20.3. The number of amides is 2. The number of carbonyl (C=O) groups excluding carboxylic acids is 2. The number of fused-ring (bicyclic) bond motifs is 1. The van der Waals surface area contributed by atoms with Gasteiger partial charge in [0.1, 0.15) is 12.4 Å². The van der Waals surface area contributed by atoms with Gasteiger partial charge < -0.3 is 15.2 Å². The van der Waals surface area contributed by atoms with Crippen molar-refractivity contribution < 1.29 is 9.59 Å². The molecule has 4 rings (SSSR count). The van der Waals surface area contributed by atoms with Crippen LogP contribution in [0.2, 0.25) is 0 Å². The summed E-state index contributed by atoms with van der Waals surface area (Å²) in [6.07, 6.45) is 0. The van der Waals surface area contributed by atoms with Crippen LogP contribution in [0.15, 0.2) is 78.9 Å². The largest absolute Gasteiger partial charge is 0.342 e. The maximum Gasteiger partial charge on any atom is 0.251 e. The summed E-state index contributed by atoms with van der Waals surface area (Å²) in [5, 5.41) is 5.92. The predicted octanol–water partition coefficient (Wildman–Crippen LogP) is 4.47. The minimum Gasteiger partial charge on any atom is -0.342 e. The SMILES string of the molecule is Cc1cccc(C(=O)NC(C)c2nc3ccccc3n2CC(=O)Nc2ccccc2)c1. The molecule has 4 aromatic rings. The van der Waals surface area contributed by atoms with E-state index in [0.29, 0.717) is 11.4 Å². The zero-order valence-electron chi connectivity index (χ0n) is 17.5. The van der Waals surface area contributed by atoms with Gasteiger partial charge in [0.05, 0.1) is 17.1 Å². The number of aromatic nitrogens is 2. The number of carbonyl (C=O) groups is 2. The third-order valence-electron chi connectivity index (χ3n) is 5.06. The number of rotatable bonds is 6. The molecule has 2 N–H and O–H groups in total.